The molecule has 2 aliphatic heterocycles. The summed E-state index contributed by atoms with van der Waals surface area (Å²) in [4.78, 5) is 27.5. The highest BCUT2D eigenvalue weighted by molar-refractivity contribution is 5.98. The Bertz CT molecular complexity index is 892. The topological polar surface area (TPSA) is 67.9 Å². The van der Waals surface area contributed by atoms with E-state index in [1.54, 1.807) is 31.4 Å². The van der Waals surface area contributed by atoms with Crippen LogP contribution in [0.15, 0.2) is 48.5 Å². The fraction of sp³-hybridized carbons (Fsp3) is 0.391. The molecule has 6 heteroatoms. The van der Waals surface area contributed by atoms with Gasteiger partial charge >= 0.3 is 0 Å². The summed E-state index contributed by atoms with van der Waals surface area (Å²) in [6.07, 6.45) is 3.13. The van der Waals surface area contributed by atoms with E-state index in [0.717, 1.165) is 37.0 Å². The maximum Gasteiger partial charge on any atom is 0.254 e. The van der Waals surface area contributed by atoms with Gasteiger partial charge in [0.1, 0.15) is 11.9 Å². The van der Waals surface area contributed by atoms with Crippen LogP contribution in [0.3, 0.4) is 0 Å². The monoisotopic (exact) mass is 394 g/mol. The lowest BCUT2D eigenvalue weighted by Gasteiger charge is -2.25. The van der Waals surface area contributed by atoms with Crippen LogP contribution in [0, 0.1) is 0 Å². The fourth-order valence-corrected chi connectivity index (χ4v) is 4.11. The van der Waals surface area contributed by atoms with Crippen molar-refractivity contribution in [3.8, 4) is 5.75 Å². The molecule has 2 amide bonds. The first-order chi connectivity index (χ1) is 14.2. The van der Waals surface area contributed by atoms with Gasteiger partial charge in [-0.3, -0.25) is 9.59 Å². The second-order valence-corrected chi connectivity index (χ2v) is 7.50. The Hall–Kier alpha value is -2.86. The van der Waals surface area contributed by atoms with Crippen LogP contribution in [-0.4, -0.2) is 43.1 Å². The molecule has 2 heterocycles. The number of rotatable bonds is 5. The van der Waals surface area contributed by atoms with Crippen molar-refractivity contribution in [2.75, 3.05) is 25.6 Å². The van der Waals surface area contributed by atoms with Gasteiger partial charge in [0.05, 0.1) is 13.2 Å². The number of hydrogen-bond donors (Lipinski definition) is 1. The molecule has 2 unspecified atom stereocenters. The third-order valence-corrected chi connectivity index (χ3v) is 5.59. The van der Waals surface area contributed by atoms with E-state index in [1.807, 2.05) is 29.2 Å². The third kappa shape index (κ3) is 4.27. The molecule has 0 aliphatic carbocycles. The second-order valence-electron chi connectivity index (χ2n) is 7.50. The summed E-state index contributed by atoms with van der Waals surface area (Å²) in [5.41, 5.74) is 2.27. The molecule has 2 atom stereocenters. The highest BCUT2D eigenvalue weighted by Gasteiger charge is 2.31. The number of carbonyl (C=O) groups excluding carboxylic acids is 2. The number of benzene rings is 2. The lowest BCUT2D eigenvalue weighted by atomic mass is 10.0. The van der Waals surface area contributed by atoms with Crippen molar-refractivity contribution in [3.05, 3.63) is 59.7 Å². The van der Waals surface area contributed by atoms with Gasteiger partial charge < -0.3 is 19.7 Å². The molecule has 2 aromatic rings. The largest absolute Gasteiger partial charge is 0.497 e. The van der Waals surface area contributed by atoms with Crippen LogP contribution in [0.25, 0.3) is 0 Å². The maximum atomic E-state index is 13.2. The van der Waals surface area contributed by atoms with E-state index in [1.165, 1.54) is 0 Å². The molecule has 6 nitrogen and oxygen atoms in total. The van der Waals surface area contributed by atoms with Crippen molar-refractivity contribution >= 4 is 17.5 Å². The van der Waals surface area contributed by atoms with Crippen LogP contribution in [0.2, 0.25) is 0 Å². The van der Waals surface area contributed by atoms with E-state index < -0.39 is 6.10 Å². The van der Waals surface area contributed by atoms with E-state index >= 15 is 0 Å². The summed E-state index contributed by atoms with van der Waals surface area (Å²) >= 11 is 0. The molecule has 0 spiro atoms. The molecule has 2 fully saturated rings. The number of likely N-dealkylation sites (tertiary alicyclic amines) is 1. The van der Waals surface area contributed by atoms with E-state index in [-0.39, 0.29) is 17.9 Å². The van der Waals surface area contributed by atoms with Crippen molar-refractivity contribution in [2.24, 2.45) is 0 Å². The van der Waals surface area contributed by atoms with Gasteiger partial charge in [0.25, 0.3) is 11.8 Å². The first-order valence-electron chi connectivity index (χ1n) is 10.1. The molecule has 2 aromatic carbocycles. The smallest absolute Gasteiger partial charge is 0.254 e. The van der Waals surface area contributed by atoms with Crippen molar-refractivity contribution in [2.45, 2.75) is 37.8 Å². The first-order valence-corrected chi connectivity index (χ1v) is 10.1. The molecule has 0 saturated carbocycles. The van der Waals surface area contributed by atoms with Crippen molar-refractivity contribution in [1.29, 1.82) is 0 Å². The first kappa shape index (κ1) is 19.5. The molecule has 152 valence electrons. The van der Waals surface area contributed by atoms with Gasteiger partial charge in [-0.2, -0.15) is 0 Å². The predicted molar refractivity (Wildman–Crippen MR) is 110 cm³/mol. The minimum Gasteiger partial charge on any atom is -0.497 e. The molecule has 1 N–H and O–H groups in total. The Labute approximate surface area is 170 Å². The minimum absolute atomic E-state index is 0.0245. The Kier molecular flexibility index (Phi) is 5.81. The molecule has 0 aromatic heterocycles. The number of amides is 2. The molecule has 4 rings (SSSR count). The Balaban J connectivity index is 1.50. The molecule has 0 radical (unpaired) electrons. The normalized spacial score (nSPS) is 21.2. The van der Waals surface area contributed by atoms with Gasteiger partial charge in [0, 0.05) is 24.4 Å². The van der Waals surface area contributed by atoms with Crippen molar-refractivity contribution in [3.63, 3.8) is 0 Å². The van der Waals surface area contributed by atoms with Gasteiger partial charge in [-0.25, -0.2) is 0 Å². The Morgan fingerprint density at radius 2 is 1.97 bits per heavy atom. The standard InChI is InChI=1S/C23H26N2O4/c1-28-19-9-3-6-16(15-19)20-10-4-12-25(20)23(27)17-7-2-8-18(14-17)24-22(26)21-11-5-13-29-21/h2-3,6-9,14-15,20-21H,4-5,10-13H2,1H3,(H,24,26). The average molecular weight is 394 g/mol. The lowest BCUT2D eigenvalue weighted by molar-refractivity contribution is -0.124. The number of nitrogens with zero attached hydrogens (tertiary/aromatic N) is 1. The van der Waals surface area contributed by atoms with Gasteiger partial charge in [-0.05, 0) is 61.6 Å². The third-order valence-electron chi connectivity index (χ3n) is 5.59. The number of hydrogen-bond acceptors (Lipinski definition) is 4. The average Bonchev–Trinajstić information content (AvgIpc) is 3.45. The molecule has 29 heavy (non-hydrogen) atoms. The summed E-state index contributed by atoms with van der Waals surface area (Å²) in [7, 11) is 1.65. The highest BCUT2D eigenvalue weighted by Crippen LogP contribution is 2.34. The fourth-order valence-electron chi connectivity index (χ4n) is 4.11. The summed E-state index contributed by atoms with van der Waals surface area (Å²) in [6, 6.07) is 15.1. The van der Waals surface area contributed by atoms with E-state index in [9.17, 15) is 9.59 Å². The van der Waals surface area contributed by atoms with Crippen LogP contribution < -0.4 is 10.1 Å². The van der Waals surface area contributed by atoms with E-state index in [4.69, 9.17) is 9.47 Å². The Morgan fingerprint density at radius 3 is 2.76 bits per heavy atom. The van der Waals surface area contributed by atoms with Crippen LogP contribution >= 0.6 is 0 Å². The van der Waals surface area contributed by atoms with Crippen LogP contribution in [0.5, 0.6) is 5.75 Å². The Morgan fingerprint density at radius 1 is 1.10 bits per heavy atom. The number of nitrogens with one attached hydrogen (secondary N) is 1. The lowest BCUT2D eigenvalue weighted by Crippen LogP contribution is -2.31. The van der Waals surface area contributed by atoms with Crippen molar-refractivity contribution < 1.29 is 19.1 Å². The zero-order valence-corrected chi connectivity index (χ0v) is 16.6. The van der Waals surface area contributed by atoms with Gasteiger partial charge in [0.2, 0.25) is 0 Å². The number of anilines is 1. The summed E-state index contributed by atoms with van der Waals surface area (Å²) in [5, 5.41) is 2.88. The number of methoxy groups -OCH3 is 1. The molecule has 2 saturated heterocycles. The van der Waals surface area contributed by atoms with Gasteiger partial charge in [-0.15, -0.1) is 0 Å². The number of carbonyl (C=O) groups is 2. The van der Waals surface area contributed by atoms with Crippen LogP contribution in [0.4, 0.5) is 5.69 Å². The zero-order valence-electron chi connectivity index (χ0n) is 16.6. The van der Waals surface area contributed by atoms with Gasteiger partial charge in [-0.1, -0.05) is 18.2 Å². The van der Waals surface area contributed by atoms with E-state index in [2.05, 4.69) is 5.32 Å². The highest BCUT2D eigenvalue weighted by atomic mass is 16.5. The molecular formula is C23H26N2O4. The SMILES string of the molecule is COc1cccc(C2CCCN2C(=O)c2cccc(NC(=O)C3CCCO3)c2)c1. The molecule has 0 bridgehead atoms. The number of ether oxygens (including phenoxy) is 2. The van der Waals surface area contributed by atoms with Crippen LogP contribution in [-0.2, 0) is 9.53 Å². The van der Waals surface area contributed by atoms with Crippen molar-refractivity contribution in [1.82, 2.24) is 4.90 Å². The second kappa shape index (κ2) is 8.66. The summed E-state index contributed by atoms with van der Waals surface area (Å²) in [5.74, 6) is 0.617. The summed E-state index contributed by atoms with van der Waals surface area (Å²) < 4.78 is 10.8. The van der Waals surface area contributed by atoms with E-state index in [0.29, 0.717) is 24.4 Å². The predicted octanol–water partition coefficient (Wildman–Crippen LogP) is 3.79. The zero-order chi connectivity index (χ0) is 20.2. The minimum atomic E-state index is -0.398. The molecular weight excluding hydrogens is 368 g/mol. The van der Waals surface area contributed by atoms with Crippen LogP contribution in [0.1, 0.15) is 47.6 Å². The molecule has 2 aliphatic rings. The quantitative estimate of drug-likeness (QED) is 0.838. The summed E-state index contributed by atoms with van der Waals surface area (Å²) in [6.45, 7) is 1.34. The maximum absolute atomic E-state index is 13.2. The van der Waals surface area contributed by atoms with Gasteiger partial charge in [0.15, 0.2) is 0 Å².